The highest BCUT2D eigenvalue weighted by Gasteiger charge is 2.29. The average molecular weight is 442 g/mol. The Morgan fingerprint density at radius 1 is 1.17 bits per heavy atom. The number of nitrogens with one attached hydrogen (secondary N) is 1. The van der Waals surface area contributed by atoms with Gasteiger partial charge < -0.3 is 4.74 Å². The second kappa shape index (κ2) is 8.44. The number of hydrogen-bond acceptors (Lipinski definition) is 4. The second-order valence-electron chi connectivity index (χ2n) is 7.11. The summed E-state index contributed by atoms with van der Waals surface area (Å²) in [5.41, 5.74) is 1.83. The molecule has 1 N–H and O–H groups in total. The van der Waals surface area contributed by atoms with Gasteiger partial charge in [-0.1, -0.05) is 41.9 Å². The number of pyridine rings is 1. The maximum atomic E-state index is 13.0. The number of aromatic nitrogens is 1. The molecular weight excluding hydrogens is 422 g/mol. The van der Waals surface area contributed by atoms with Crippen LogP contribution >= 0.6 is 11.6 Å². The number of hydrogen-bond donors (Lipinski definition) is 1. The first-order valence-electron chi connectivity index (χ1n) is 8.98. The molecule has 8 heteroatoms. The first-order valence-corrected chi connectivity index (χ1v) is 10.8. The molecule has 2 aromatic carbocycles. The van der Waals surface area contributed by atoms with Crippen molar-refractivity contribution in [1.82, 2.24) is 9.71 Å². The summed E-state index contributed by atoms with van der Waals surface area (Å²) in [5, 5.41) is 0.00192. The fraction of sp³-hybridized carbons (Fsp3) is 0.182. The molecule has 3 rings (SSSR count). The minimum atomic E-state index is -3.93. The zero-order valence-corrected chi connectivity index (χ0v) is 18.3. The van der Waals surface area contributed by atoms with Gasteiger partial charge in [-0.15, -0.1) is 0 Å². The molecule has 0 spiro atoms. The normalized spacial score (nSPS) is 11.7. The van der Waals surface area contributed by atoms with E-state index in [1.54, 1.807) is 33.4 Å². The monoisotopic (exact) mass is 441 g/mol. The van der Waals surface area contributed by atoms with E-state index in [1.807, 2.05) is 30.3 Å². The molecule has 6 nitrogen and oxygen atoms in total. The summed E-state index contributed by atoms with van der Waals surface area (Å²) in [7, 11) is -2.36. The first-order chi connectivity index (χ1) is 14.2. The Labute approximate surface area is 181 Å². The minimum Gasteiger partial charge on any atom is -0.494 e. The van der Waals surface area contributed by atoms with E-state index >= 15 is 0 Å². The van der Waals surface area contributed by atoms with Crippen molar-refractivity contribution in [3.63, 3.8) is 0 Å². The van der Waals surface area contributed by atoms with Crippen LogP contribution in [0.15, 0.2) is 65.8 Å². The molecule has 1 heterocycles. The van der Waals surface area contributed by atoms with Crippen molar-refractivity contribution in [2.24, 2.45) is 0 Å². The quantitative estimate of drug-likeness (QED) is 0.535. The largest absolute Gasteiger partial charge is 0.494 e. The Hall–Kier alpha value is -2.92. The van der Waals surface area contributed by atoms with Gasteiger partial charge in [-0.25, -0.2) is 18.0 Å². The van der Waals surface area contributed by atoms with Crippen molar-refractivity contribution in [1.29, 1.82) is 0 Å². The highest BCUT2D eigenvalue weighted by atomic mass is 35.5. The summed E-state index contributed by atoms with van der Waals surface area (Å²) < 4.78 is 34.1. The molecule has 0 unspecified atom stereocenters. The summed E-state index contributed by atoms with van der Waals surface area (Å²) in [6.45, 7) is 10.6. The number of ether oxygens (including phenoxy) is 1. The summed E-state index contributed by atoms with van der Waals surface area (Å²) >= 11 is 6.12. The van der Waals surface area contributed by atoms with Gasteiger partial charge in [0.15, 0.2) is 5.69 Å². The third-order valence-electron chi connectivity index (χ3n) is 4.62. The van der Waals surface area contributed by atoms with Gasteiger partial charge in [0.05, 0.1) is 35.3 Å². The summed E-state index contributed by atoms with van der Waals surface area (Å²) in [6, 6.07) is 13.5. The number of rotatable bonds is 6. The third kappa shape index (κ3) is 4.46. The van der Waals surface area contributed by atoms with E-state index in [-0.39, 0.29) is 15.6 Å². The molecule has 0 fully saturated rings. The maximum absolute atomic E-state index is 13.0. The Bertz CT molecular complexity index is 1230. The lowest BCUT2D eigenvalue weighted by molar-refractivity contribution is 0.414. The smallest absolute Gasteiger partial charge is 0.242 e. The van der Waals surface area contributed by atoms with Crippen LogP contribution in [0, 0.1) is 6.57 Å². The van der Waals surface area contributed by atoms with Crippen LogP contribution in [0.25, 0.3) is 16.0 Å². The van der Waals surface area contributed by atoms with E-state index in [0.717, 1.165) is 16.7 Å². The number of sulfonamides is 1. The average Bonchev–Trinajstić information content (AvgIpc) is 2.72. The lowest BCUT2D eigenvalue weighted by Crippen LogP contribution is -2.41. The van der Waals surface area contributed by atoms with Crippen LogP contribution in [0.3, 0.4) is 0 Å². The van der Waals surface area contributed by atoms with Gasteiger partial charge in [-0.3, -0.25) is 4.98 Å². The highest BCUT2D eigenvalue weighted by Crippen LogP contribution is 2.33. The van der Waals surface area contributed by atoms with Crippen molar-refractivity contribution in [2.45, 2.75) is 24.3 Å². The standard InChI is InChI=1S/C22H20ClN3O3S/c1-22(2,26-30(27,28)21-9-8-17(24-3)13-19(21)23)16-7-5-6-15(12-16)18-10-11-25-14-20(18)29-4/h5-14,26H,1-2,4H3. The van der Waals surface area contributed by atoms with Crippen molar-refractivity contribution >= 4 is 27.3 Å². The molecule has 0 aliphatic carbocycles. The molecule has 1 aromatic heterocycles. The molecule has 0 saturated carbocycles. The molecular formula is C22H20ClN3O3S. The van der Waals surface area contributed by atoms with Crippen molar-refractivity contribution < 1.29 is 13.2 Å². The van der Waals surface area contributed by atoms with Crippen LogP contribution in [0.1, 0.15) is 19.4 Å². The van der Waals surface area contributed by atoms with Crippen LogP contribution in [0.5, 0.6) is 5.75 Å². The molecule has 0 radical (unpaired) electrons. The molecule has 0 amide bonds. The molecule has 0 bridgehead atoms. The number of nitrogens with zero attached hydrogens (tertiary/aromatic N) is 2. The predicted octanol–water partition coefficient (Wildman–Crippen LogP) is 5.17. The van der Waals surface area contributed by atoms with E-state index in [0.29, 0.717) is 5.75 Å². The molecule has 154 valence electrons. The van der Waals surface area contributed by atoms with Crippen LogP contribution < -0.4 is 9.46 Å². The number of benzene rings is 2. The minimum absolute atomic E-state index is 0.00192. The Morgan fingerprint density at radius 2 is 1.93 bits per heavy atom. The Kier molecular flexibility index (Phi) is 6.13. The third-order valence-corrected chi connectivity index (χ3v) is 6.76. The summed E-state index contributed by atoms with van der Waals surface area (Å²) in [5.74, 6) is 0.625. The summed E-state index contributed by atoms with van der Waals surface area (Å²) in [4.78, 5) is 7.26. The van der Waals surface area contributed by atoms with Crippen LogP contribution in [-0.2, 0) is 15.6 Å². The maximum Gasteiger partial charge on any atom is 0.242 e. The van der Waals surface area contributed by atoms with Crippen molar-refractivity contribution in [3.8, 4) is 16.9 Å². The number of halogens is 1. The predicted molar refractivity (Wildman–Crippen MR) is 117 cm³/mol. The topological polar surface area (TPSA) is 72.7 Å². The first kappa shape index (κ1) is 21.8. The fourth-order valence-electron chi connectivity index (χ4n) is 3.08. The van der Waals surface area contributed by atoms with Crippen LogP contribution in [-0.4, -0.2) is 20.5 Å². The van der Waals surface area contributed by atoms with Crippen molar-refractivity contribution in [3.05, 3.63) is 82.9 Å². The molecule has 0 atom stereocenters. The van der Waals surface area contributed by atoms with E-state index in [9.17, 15) is 8.42 Å². The summed E-state index contributed by atoms with van der Waals surface area (Å²) in [6.07, 6.45) is 3.30. The second-order valence-corrected chi connectivity index (χ2v) is 9.17. The highest BCUT2D eigenvalue weighted by molar-refractivity contribution is 7.89. The Morgan fingerprint density at radius 3 is 2.60 bits per heavy atom. The number of methoxy groups -OCH3 is 1. The molecule has 0 saturated heterocycles. The van der Waals surface area contributed by atoms with Gasteiger partial charge in [0.1, 0.15) is 5.75 Å². The van der Waals surface area contributed by atoms with Crippen molar-refractivity contribution in [2.75, 3.05) is 7.11 Å². The lowest BCUT2D eigenvalue weighted by Gasteiger charge is -2.27. The molecule has 0 aliphatic heterocycles. The van der Waals surface area contributed by atoms with E-state index in [4.69, 9.17) is 22.9 Å². The zero-order valence-electron chi connectivity index (χ0n) is 16.7. The van der Waals surface area contributed by atoms with Gasteiger partial charge in [-0.2, -0.15) is 0 Å². The molecule has 30 heavy (non-hydrogen) atoms. The SMILES string of the molecule is [C-]#[N+]c1ccc(S(=O)(=O)NC(C)(C)c2cccc(-c3ccncc3OC)c2)c(Cl)c1. The van der Waals surface area contributed by atoms with Crippen LogP contribution in [0.2, 0.25) is 5.02 Å². The van der Waals surface area contributed by atoms with E-state index in [2.05, 4.69) is 14.6 Å². The van der Waals surface area contributed by atoms with E-state index < -0.39 is 15.6 Å². The van der Waals surface area contributed by atoms with Gasteiger partial charge in [0.25, 0.3) is 0 Å². The van der Waals surface area contributed by atoms with Crippen LogP contribution in [0.4, 0.5) is 5.69 Å². The van der Waals surface area contributed by atoms with Gasteiger partial charge in [0.2, 0.25) is 10.0 Å². The fourth-order valence-corrected chi connectivity index (χ4v) is 5.03. The Balaban J connectivity index is 1.97. The van der Waals surface area contributed by atoms with Gasteiger partial charge >= 0.3 is 0 Å². The molecule has 0 aliphatic rings. The lowest BCUT2D eigenvalue weighted by atomic mass is 9.92. The van der Waals surface area contributed by atoms with Gasteiger partial charge in [-0.05, 0) is 43.2 Å². The van der Waals surface area contributed by atoms with E-state index in [1.165, 1.54) is 18.2 Å². The molecule has 3 aromatic rings. The van der Waals surface area contributed by atoms with Gasteiger partial charge in [0, 0.05) is 11.8 Å². The zero-order chi connectivity index (χ0) is 21.9.